The van der Waals surface area contributed by atoms with Crippen LogP contribution in [-0.2, 0) is 4.74 Å². The molecule has 6 heteroatoms. The molecule has 23 heavy (non-hydrogen) atoms. The van der Waals surface area contributed by atoms with Gasteiger partial charge in [-0.15, -0.1) is 0 Å². The van der Waals surface area contributed by atoms with E-state index in [0.29, 0.717) is 29.9 Å². The van der Waals surface area contributed by atoms with E-state index in [1.807, 2.05) is 20.8 Å². The van der Waals surface area contributed by atoms with Gasteiger partial charge in [-0.25, -0.2) is 9.18 Å². The average molecular weight is 388 g/mol. The van der Waals surface area contributed by atoms with Gasteiger partial charge in [0.1, 0.15) is 17.2 Å². The maximum Gasteiger partial charge on any atom is 0.410 e. The Morgan fingerprint density at radius 1 is 1.39 bits per heavy atom. The number of halogens is 2. The van der Waals surface area contributed by atoms with Crippen LogP contribution in [0.4, 0.5) is 9.18 Å². The van der Waals surface area contributed by atoms with Gasteiger partial charge in [-0.05, 0) is 45.7 Å². The third kappa shape index (κ3) is 6.01. The summed E-state index contributed by atoms with van der Waals surface area (Å²) >= 11 is 3.25. The molecule has 0 spiro atoms. The van der Waals surface area contributed by atoms with E-state index < -0.39 is 5.60 Å². The molecule has 1 atom stereocenters. The van der Waals surface area contributed by atoms with E-state index in [-0.39, 0.29) is 17.8 Å². The van der Waals surface area contributed by atoms with Crippen LogP contribution in [-0.4, -0.2) is 36.3 Å². The maximum absolute atomic E-state index is 13.3. The van der Waals surface area contributed by atoms with Crippen LogP contribution in [0.5, 0.6) is 5.75 Å². The number of carbonyl (C=O) groups is 1. The number of carbonyl (C=O) groups excluding carboxylic acids is 1. The molecule has 1 amide bonds. The molecule has 1 aromatic rings. The molecule has 128 valence electrons. The summed E-state index contributed by atoms with van der Waals surface area (Å²) in [6, 6.07) is 4.48. The number of benzene rings is 1. The second-order valence-electron chi connectivity index (χ2n) is 6.85. The first-order valence-electron chi connectivity index (χ1n) is 7.80. The third-order valence-electron chi connectivity index (χ3n) is 3.49. The zero-order chi connectivity index (χ0) is 17.0. The summed E-state index contributed by atoms with van der Waals surface area (Å²) in [5.74, 6) is 0.373. The molecule has 1 aliphatic heterocycles. The quantitative estimate of drug-likeness (QED) is 0.759. The van der Waals surface area contributed by atoms with Crippen molar-refractivity contribution in [1.82, 2.24) is 4.90 Å². The Hall–Kier alpha value is -1.30. The van der Waals surface area contributed by atoms with Crippen molar-refractivity contribution in [3.63, 3.8) is 0 Å². The lowest BCUT2D eigenvalue weighted by Crippen LogP contribution is -2.44. The summed E-state index contributed by atoms with van der Waals surface area (Å²) in [5.41, 5.74) is -0.492. The Morgan fingerprint density at radius 2 is 2.13 bits per heavy atom. The van der Waals surface area contributed by atoms with Crippen LogP contribution in [0.15, 0.2) is 22.7 Å². The van der Waals surface area contributed by atoms with Crippen molar-refractivity contribution in [2.45, 2.75) is 39.2 Å². The first kappa shape index (κ1) is 18.0. The highest BCUT2D eigenvalue weighted by Crippen LogP contribution is 2.23. The Kier molecular flexibility index (Phi) is 5.89. The highest BCUT2D eigenvalue weighted by Gasteiger charge is 2.27. The molecule has 1 fully saturated rings. The van der Waals surface area contributed by atoms with E-state index in [9.17, 15) is 9.18 Å². The van der Waals surface area contributed by atoms with Crippen LogP contribution in [0, 0.1) is 11.7 Å². The molecule has 0 saturated carbocycles. The van der Waals surface area contributed by atoms with Crippen LogP contribution in [0.1, 0.15) is 33.6 Å². The van der Waals surface area contributed by atoms with Crippen LogP contribution < -0.4 is 4.74 Å². The van der Waals surface area contributed by atoms with E-state index in [1.54, 1.807) is 11.0 Å². The van der Waals surface area contributed by atoms with Gasteiger partial charge in [0.15, 0.2) is 0 Å². The number of nitrogens with zero attached hydrogens (tertiary/aromatic N) is 1. The molecule has 0 aromatic heterocycles. The highest BCUT2D eigenvalue weighted by atomic mass is 79.9. The summed E-state index contributed by atoms with van der Waals surface area (Å²) in [6.07, 6.45) is 1.62. The van der Waals surface area contributed by atoms with Crippen molar-refractivity contribution >= 4 is 22.0 Å². The zero-order valence-electron chi connectivity index (χ0n) is 13.8. The van der Waals surface area contributed by atoms with Crippen molar-refractivity contribution in [2.24, 2.45) is 5.92 Å². The molecule has 1 aromatic carbocycles. The molecule has 2 rings (SSSR count). The number of rotatable bonds is 3. The predicted molar refractivity (Wildman–Crippen MR) is 90.1 cm³/mol. The summed E-state index contributed by atoms with van der Waals surface area (Å²) in [7, 11) is 0. The molecule has 1 saturated heterocycles. The van der Waals surface area contributed by atoms with Crippen molar-refractivity contribution < 1.29 is 18.7 Å². The topological polar surface area (TPSA) is 38.8 Å². The molecule has 0 aliphatic carbocycles. The van der Waals surface area contributed by atoms with Crippen molar-refractivity contribution in [3.8, 4) is 5.75 Å². The molecule has 4 nitrogen and oxygen atoms in total. The van der Waals surface area contributed by atoms with Crippen LogP contribution in [0.25, 0.3) is 0 Å². The monoisotopic (exact) mass is 387 g/mol. The SMILES string of the molecule is CC(C)(C)OC(=O)N1CCC[C@H](COc2cc(F)cc(Br)c2)C1. The largest absolute Gasteiger partial charge is 0.493 e. The van der Waals surface area contributed by atoms with Gasteiger partial charge in [-0.2, -0.15) is 0 Å². The van der Waals surface area contributed by atoms with Gasteiger partial charge in [-0.3, -0.25) is 0 Å². The van der Waals surface area contributed by atoms with Gasteiger partial charge < -0.3 is 14.4 Å². The van der Waals surface area contributed by atoms with Gasteiger partial charge in [0, 0.05) is 29.5 Å². The fourth-order valence-corrected chi connectivity index (χ4v) is 2.96. The third-order valence-corrected chi connectivity index (χ3v) is 3.95. The molecular weight excluding hydrogens is 365 g/mol. The molecule has 0 N–H and O–H groups in total. The Labute approximate surface area is 145 Å². The second kappa shape index (κ2) is 7.51. The van der Waals surface area contributed by atoms with Crippen molar-refractivity contribution in [1.29, 1.82) is 0 Å². The summed E-state index contributed by atoms with van der Waals surface area (Å²) in [5, 5.41) is 0. The van der Waals surface area contributed by atoms with E-state index in [1.165, 1.54) is 12.1 Å². The van der Waals surface area contributed by atoms with Gasteiger partial charge >= 0.3 is 6.09 Å². The lowest BCUT2D eigenvalue weighted by atomic mass is 9.99. The van der Waals surface area contributed by atoms with Crippen molar-refractivity contribution in [2.75, 3.05) is 19.7 Å². The normalized spacial score (nSPS) is 18.7. The standard InChI is InChI=1S/C17H23BrFNO3/c1-17(2,3)23-16(21)20-6-4-5-12(10-20)11-22-15-8-13(18)7-14(19)9-15/h7-9,12H,4-6,10-11H2,1-3H3/t12-/m0/s1. The van der Waals surface area contributed by atoms with Crippen LogP contribution in [0.2, 0.25) is 0 Å². The van der Waals surface area contributed by atoms with E-state index in [0.717, 1.165) is 12.8 Å². The van der Waals surface area contributed by atoms with E-state index in [2.05, 4.69) is 15.9 Å². The lowest BCUT2D eigenvalue weighted by Gasteiger charge is -2.34. The molecular formula is C17H23BrFNO3. The smallest absolute Gasteiger partial charge is 0.410 e. The van der Waals surface area contributed by atoms with Gasteiger partial charge in [-0.1, -0.05) is 15.9 Å². The van der Waals surface area contributed by atoms with Crippen LogP contribution in [0.3, 0.4) is 0 Å². The highest BCUT2D eigenvalue weighted by molar-refractivity contribution is 9.10. The number of amides is 1. The Morgan fingerprint density at radius 3 is 2.78 bits per heavy atom. The molecule has 1 aliphatic rings. The summed E-state index contributed by atoms with van der Waals surface area (Å²) in [4.78, 5) is 13.9. The fourth-order valence-electron chi connectivity index (χ4n) is 2.52. The second-order valence-corrected chi connectivity index (χ2v) is 7.77. The first-order valence-corrected chi connectivity index (χ1v) is 8.59. The minimum Gasteiger partial charge on any atom is -0.493 e. The van der Waals surface area contributed by atoms with Gasteiger partial charge in [0.05, 0.1) is 6.61 Å². The minimum atomic E-state index is -0.492. The molecule has 1 heterocycles. The number of likely N-dealkylation sites (tertiary alicyclic amines) is 1. The van der Waals surface area contributed by atoms with E-state index in [4.69, 9.17) is 9.47 Å². The van der Waals surface area contributed by atoms with Gasteiger partial charge in [0.2, 0.25) is 0 Å². The molecule has 0 unspecified atom stereocenters. The lowest BCUT2D eigenvalue weighted by molar-refractivity contribution is 0.0139. The first-order chi connectivity index (χ1) is 10.7. The Bertz CT molecular complexity index is 539. The average Bonchev–Trinajstić information content (AvgIpc) is 2.43. The summed E-state index contributed by atoms with van der Waals surface area (Å²) in [6.45, 7) is 7.34. The number of piperidine rings is 1. The number of hydrogen-bond acceptors (Lipinski definition) is 3. The number of ether oxygens (including phenoxy) is 2. The molecule has 0 radical (unpaired) electrons. The predicted octanol–water partition coefficient (Wildman–Crippen LogP) is 4.61. The minimum absolute atomic E-state index is 0.221. The zero-order valence-corrected chi connectivity index (χ0v) is 15.4. The van der Waals surface area contributed by atoms with Crippen LogP contribution >= 0.6 is 15.9 Å². The van der Waals surface area contributed by atoms with Crippen molar-refractivity contribution in [3.05, 3.63) is 28.5 Å². The summed E-state index contributed by atoms with van der Waals surface area (Å²) < 4.78 is 25.1. The molecule has 0 bridgehead atoms. The van der Waals surface area contributed by atoms with Gasteiger partial charge in [0.25, 0.3) is 0 Å². The Balaban J connectivity index is 1.87. The number of hydrogen-bond donors (Lipinski definition) is 0. The maximum atomic E-state index is 13.3. The van der Waals surface area contributed by atoms with E-state index >= 15 is 0 Å². The fraction of sp³-hybridized carbons (Fsp3) is 0.588.